The van der Waals surface area contributed by atoms with Crippen LogP contribution in [-0.4, -0.2) is 12.2 Å². The zero-order valence-corrected chi connectivity index (χ0v) is 17.0. The summed E-state index contributed by atoms with van der Waals surface area (Å²) in [5.41, 5.74) is 10.1. The minimum Gasteiger partial charge on any atom is -0.370 e. The zero-order valence-electron chi connectivity index (χ0n) is 13.9. The predicted molar refractivity (Wildman–Crippen MR) is 114 cm³/mol. The number of aryl methyl sites for hydroxylation is 1. The SMILES string of the molecule is CCc1cccc(NC(N)=NCc2ccc(F)cc2CSC)c1.I. The minimum atomic E-state index is -0.218. The van der Waals surface area contributed by atoms with Gasteiger partial charge in [0.25, 0.3) is 0 Å². The normalized spacial score (nSPS) is 11.0. The Labute approximate surface area is 164 Å². The first-order valence-corrected chi connectivity index (χ1v) is 8.94. The van der Waals surface area contributed by atoms with Gasteiger partial charge in [-0.2, -0.15) is 11.8 Å². The summed E-state index contributed by atoms with van der Waals surface area (Å²) in [6.45, 7) is 2.54. The van der Waals surface area contributed by atoms with E-state index in [1.54, 1.807) is 23.9 Å². The predicted octanol–water partition coefficient (Wildman–Crippen LogP) is 4.80. The van der Waals surface area contributed by atoms with E-state index in [1.807, 2.05) is 18.4 Å². The van der Waals surface area contributed by atoms with Gasteiger partial charge < -0.3 is 11.1 Å². The third-order valence-corrected chi connectivity index (χ3v) is 4.10. The third-order valence-electron chi connectivity index (χ3n) is 3.50. The lowest BCUT2D eigenvalue weighted by Crippen LogP contribution is -2.22. The van der Waals surface area contributed by atoms with Crippen molar-refractivity contribution in [3.63, 3.8) is 0 Å². The Morgan fingerprint density at radius 2 is 2.00 bits per heavy atom. The van der Waals surface area contributed by atoms with Crippen LogP contribution in [0.25, 0.3) is 0 Å². The van der Waals surface area contributed by atoms with Crippen molar-refractivity contribution in [2.24, 2.45) is 10.7 Å². The van der Waals surface area contributed by atoms with E-state index < -0.39 is 0 Å². The maximum atomic E-state index is 13.3. The first kappa shape index (κ1) is 20.8. The zero-order chi connectivity index (χ0) is 16.7. The number of halogens is 2. The van der Waals surface area contributed by atoms with Crippen LogP contribution in [0.3, 0.4) is 0 Å². The molecule has 3 nitrogen and oxygen atoms in total. The molecule has 0 atom stereocenters. The number of anilines is 1. The molecule has 0 aliphatic carbocycles. The number of guanidine groups is 1. The molecule has 0 aliphatic rings. The fourth-order valence-corrected chi connectivity index (χ4v) is 2.85. The summed E-state index contributed by atoms with van der Waals surface area (Å²) in [6.07, 6.45) is 2.97. The molecular formula is C18H23FIN3S. The summed E-state index contributed by atoms with van der Waals surface area (Å²) in [5, 5.41) is 3.10. The van der Waals surface area contributed by atoms with E-state index in [0.717, 1.165) is 29.0 Å². The van der Waals surface area contributed by atoms with E-state index in [4.69, 9.17) is 5.73 Å². The molecule has 0 heterocycles. The summed E-state index contributed by atoms with van der Waals surface area (Å²) in [6, 6.07) is 12.9. The molecule has 2 aromatic rings. The van der Waals surface area contributed by atoms with E-state index in [1.165, 1.54) is 11.6 Å². The van der Waals surface area contributed by atoms with Crippen LogP contribution in [0.1, 0.15) is 23.6 Å². The molecule has 0 aromatic heterocycles. The van der Waals surface area contributed by atoms with Crippen molar-refractivity contribution in [3.8, 4) is 0 Å². The first-order valence-electron chi connectivity index (χ1n) is 7.54. The highest BCUT2D eigenvalue weighted by atomic mass is 127. The highest BCUT2D eigenvalue weighted by Gasteiger charge is 2.04. The molecule has 3 N–H and O–H groups in total. The van der Waals surface area contributed by atoms with Crippen LogP contribution in [0.15, 0.2) is 47.5 Å². The average Bonchev–Trinajstić information content (AvgIpc) is 2.54. The molecule has 24 heavy (non-hydrogen) atoms. The molecule has 0 spiro atoms. The summed E-state index contributed by atoms with van der Waals surface area (Å²) < 4.78 is 13.3. The fraction of sp³-hybridized carbons (Fsp3) is 0.278. The maximum Gasteiger partial charge on any atom is 0.193 e. The Kier molecular flexibility index (Phi) is 9.13. The lowest BCUT2D eigenvalue weighted by Gasteiger charge is -2.09. The summed E-state index contributed by atoms with van der Waals surface area (Å²) in [4.78, 5) is 4.37. The molecule has 0 radical (unpaired) electrons. The van der Waals surface area contributed by atoms with Crippen molar-refractivity contribution >= 4 is 47.4 Å². The van der Waals surface area contributed by atoms with Crippen LogP contribution in [0.2, 0.25) is 0 Å². The van der Waals surface area contributed by atoms with E-state index in [9.17, 15) is 4.39 Å². The summed E-state index contributed by atoms with van der Waals surface area (Å²) in [5.74, 6) is 0.899. The van der Waals surface area contributed by atoms with Gasteiger partial charge >= 0.3 is 0 Å². The Hall–Kier alpha value is -1.28. The molecule has 0 saturated heterocycles. The number of nitrogens with zero attached hydrogens (tertiary/aromatic N) is 1. The molecule has 130 valence electrons. The molecule has 6 heteroatoms. The van der Waals surface area contributed by atoms with Gasteiger partial charge in [0.15, 0.2) is 5.96 Å². The van der Waals surface area contributed by atoms with Crippen LogP contribution in [0.4, 0.5) is 10.1 Å². The van der Waals surface area contributed by atoms with Gasteiger partial charge in [0.05, 0.1) is 6.54 Å². The second kappa shape index (κ2) is 10.6. The Morgan fingerprint density at radius 1 is 1.21 bits per heavy atom. The van der Waals surface area contributed by atoms with Gasteiger partial charge in [-0.05, 0) is 53.6 Å². The van der Waals surface area contributed by atoms with Crippen molar-refractivity contribution in [2.75, 3.05) is 11.6 Å². The third kappa shape index (κ3) is 6.32. The number of benzene rings is 2. The number of aliphatic imine (C=N–C) groups is 1. The van der Waals surface area contributed by atoms with Gasteiger partial charge in [-0.1, -0.05) is 25.1 Å². The van der Waals surface area contributed by atoms with Gasteiger partial charge in [0.2, 0.25) is 0 Å². The van der Waals surface area contributed by atoms with Gasteiger partial charge in [0, 0.05) is 11.4 Å². The minimum absolute atomic E-state index is 0. The fourth-order valence-electron chi connectivity index (χ4n) is 2.27. The molecule has 0 amide bonds. The number of rotatable bonds is 6. The Bertz CT molecular complexity index is 692. The van der Waals surface area contributed by atoms with Crippen LogP contribution in [0, 0.1) is 5.82 Å². The molecule has 0 unspecified atom stereocenters. The largest absolute Gasteiger partial charge is 0.370 e. The molecule has 0 aliphatic heterocycles. The molecule has 2 rings (SSSR count). The van der Waals surface area contributed by atoms with Gasteiger partial charge in [-0.15, -0.1) is 24.0 Å². The maximum absolute atomic E-state index is 13.3. The van der Waals surface area contributed by atoms with E-state index in [-0.39, 0.29) is 29.8 Å². The standard InChI is InChI=1S/C18H22FN3S.HI/c1-3-13-5-4-6-17(9-13)22-18(20)21-11-14-7-8-16(19)10-15(14)12-23-2;/h4-10H,3,11-12H2,1-2H3,(H3,20,21,22);1H. The van der Waals surface area contributed by atoms with Gasteiger partial charge in [-0.3, -0.25) is 0 Å². The Balaban J connectivity index is 0.00000288. The topological polar surface area (TPSA) is 50.4 Å². The Morgan fingerprint density at radius 3 is 2.71 bits per heavy atom. The van der Waals surface area contributed by atoms with Gasteiger partial charge in [-0.25, -0.2) is 9.38 Å². The number of hydrogen-bond acceptors (Lipinski definition) is 2. The van der Waals surface area contributed by atoms with Crippen molar-refractivity contribution in [2.45, 2.75) is 25.6 Å². The second-order valence-electron chi connectivity index (χ2n) is 5.23. The lowest BCUT2D eigenvalue weighted by molar-refractivity contribution is 0.625. The highest BCUT2D eigenvalue weighted by molar-refractivity contribution is 14.0. The number of thioether (sulfide) groups is 1. The van der Waals surface area contributed by atoms with Crippen LogP contribution < -0.4 is 11.1 Å². The molecule has 2 aromatic carbocycles. The van der Waals surface area contributed by atoms with E-state index in [2.05, 4.69) is 29.4 Å². The molecule has 0 bridgehead atoms. The number of hydrogen-bond donors (Lipinski definition) is 2. The van der Waals surface area contributed by atoms with E-state index >= 15 is 0 Å². The number of nitrogens with one attached hydrogen (secondary N) is 1. The average molecular weight is 459 g/mol. The monoisotopic (exact) mass is 459 g/mol. The van der Waals surface area contributed by atoms with Crippen molar-refractivity contribution in [1.82, 2.24) is 0 Å². The van der Waals surface area contributed by atoms with E-state index in [0.29, 0.717) is 12.5 Å². The lowest BCUT2D eigenvalue weighted by atomic mass is 10.1. The van der Waals surface area contributed by atoms with Crippen LogP contribution >= 0.6 is 35.7 Å². The van der Waals surface area contributed by atoms with Crippen LogP contribution in [-0.2, 0) is 18.7 Å². The molecular weight excluding hydrogens is 436 g/mol. The van der Waals surface area contributed by atoms with Crippen molar-refractivity contribution in [3.05, 3.63) is 65.0 Å². The van der Waals surface area contributed by atoms with Crippen molar-refractivity contribution in [1.29, 1.82) is 0 Å². The first-order chi connectivity index (χ1) is 11.1. The highest BCUT2D eigenvalue weighted by Crippen LogP contribution is 2.18. The second-order valence-corrected chi connectivity index (χ2v) is 6.09. The van der Waals surface area contributed by atoms with Crippen molar-refractivity contribution < 1.29 is 4.39 Å². The van der Waals surface area contributed by atoms with Gasteiger partial charge in [0.1, 0.15) is 5.82 Å². The summed E-state index contributed by atoms with van der Waals surface area (Å²) >= 11 is 1.66. The molecule has 0 fully saturated rings. The molecule has 0 saturated carbocycles. The number of nitrogens with two attached hydrogens (primary N) is 1. The van der Waals surface area contributed by atoms with Crippen LogP contribution in [0.5, 0.6) is 0 Å². The smallest absolute Gasteiger partial charge is 0.193 e. The quantitative estimate of drug-likeness (QED) is 0.371. The summed E-state index contributed by atoms with van der Waals surface area (Å²) in [7, 11) is 0.